The van der Waals surface area contributed by atoms with Crippen LogP contribution in [0, 0.1) is 0 Å². The summed E-state index contributed by atoms with van der Waals surface area (Å²) < 4.78 is 10.5. The Morgan fingerprint density at radius 2 is 2.12 bits per heavy atom. The Bertz CT molecular complexity index is 233. The van der Waals surface area contributed by atoms with Crippen LogP contribution in [0.25, 0.3) is 0 Å². The molecular weight excluding hydrogens is 131 g/mol. The van der Waals surface area contributed by atoms with Crippen molar-refractivity contribution in [2.75, 3.05) is 0 Å². The van der Waals surface area contributed by atoms with Crippen molar-refractivity contribution in [3.8, 4) is 0 Å². The fourth-order valence-electron chi connectivity index (χ4n) is 0.855. The van der Waals surface area contributed by atoms with Crippen molar-refractivity contribution in [3.63, 3.8) is 0 Å². The third-order valence-corrected chi connectivity index (χ3v) is 4.68. The molecule has 0 bridgehead atoms. The molecule has 0 radical (unpaired) electrons. The highest BCUT2D eigenvalue weighted by Crippen LogP contribution is 2.97. The second kappa shape index (κ2) is 0.727. The van der Waals surface area contributed by atoms with Gasteiger partial charge in [-0.05, 0) is 0 Å². The highest BCUT2D eigenvalue weighted by molar-refractivity contribution is 8.03. The molecule has 2 fully saturated rings. The molecule has 2 aliphatic heterocycles. The topological polar surface area (TPSA) is 74.6 Å². The van der Waals surface area contributed by atoms with Crippen LogP contribution in [-0.2, 0) is 9.36 Å². The van der Waals surface area contributed by atoms with E-state index >= 15 is 0 Å². The van der Waals surface area contributed by atoms with Crippen LogP contribution in [0.3, 0.4) is 0 Å². The van der Waals surface area contributed by atoms with Gasteiger partial charge in [-0.15, -0.1) is 0 Å². The fourth-order valence-corrected chi connectivity index (χ4v) is 3.12. The molecule has 3 atom stereocenters. The number of aliphatic hydroxyl groups excluding tert-OH is 1. The maximum Gasteiger partial charge on any atom is 0.240 e. The molecule has 0 saturated carbocycles. The molecule has 8 heavy (non-hydrogen) atoms. The standard InChI is InChI=1S/C3H3O4P/c4-1-3(6)2(5)8(1,3)7/h1,4,6H. The van der Waals surface area contributed by atoms with Crippen molar-refractivity contribution in [2.24, 2.45) is 0 Å². The summed E-state index contributed by atoms with van der Waals surface area (Å²) in [6.45, 7) is 0. The van der Waals surface area contributed by atoms with E-state index in [1.807, 2.05) is 0 Å². The zero-order chi connectivity index (χ0) is 6.15. The minimum atomic E-state index is -3.04. The maximum atomic E-state index is 10.5. The zero-order valence-corrected chi connectivity index (χ0v) is 4.63. The van der Waals surface area contributed by atoms with Crippen LogP contribution in [0.2, 0.25) is 0 Å². The molecule has 3 unspecified atom stereocenters. The molecule has 0 aromatic rings. The van der Waals surface area contributed by atoms with Gasteiger partial charge in [-0.2, -0.15) is 0 Å². The highest BCUT2D eigenvalue weighted by Gasteiger charge is 3.00. The van der Waals surface area contributed by atoms with Crippen molar-refractivity contribution >= 4 is 12.7 Å². The van der Waals surface area contributed by atoms with Crippen molar-refractivity contribution in [1.29, 1.82) is 0 Å². The Morgan fingerprint density at radius 1 is 1.75 bits per heavy atom. The van der Waals surface area contributed by atoms with E-state index in [1.54, 1.807) is 0 Å². The van der Waals surface area contributed by atoms with Gasteiger partial charge in [0.2, 0.25) is 18.0 Å². The van der Waals surface area contributed by atoms with Crippen LogP contribution in [-0.4, -0.2) is 26.9 Å². The molecule has 0 aliphatic carbocycles. The lowest BCUT2D eigenvalue weighted by atomic mass is 10.4. The van der Waals surface area contributed by atoms with E-state index in [9.17, 15) is 9.36 Å². The van der Waals surface area contributed by atoms with Gasteiger partial charge in [0, 0.05) is 0 Å². The van der Waals surface area contributed by atoms with Gasteiger partial charge in [-0.25, -0.2) is 0 Å². The Balaban J connectivity index is 2.55. The van der Waals surface area contributed by atoms with E-state index in [4.69, 9.17) is 10.2 Å². The molecule has 0 aromatic heterocycles. The van der Waals surface area contributed by atoms with Gasteiger partial charge in [0.05, 0.1) is 0 Å². The predicted octanol–water partition coefficient (Wildman–Crippen LogP) is -1.09. The maximum absolute atomic E-state index is 10.5. The summed E-state index contributed by atoms with van der Waals surface area (Å²) >= 11 is 0. The second-order valence-corrected chi connectivity index (χ2v) is 4.96. The van der Waals surface area contributed by atoms with Gasteiger partial charge in [-0.1, -0.05) is 0 Å². The number of carbonyl (C=O) groups is 1. The molecule has 2 N–H and O–H groups in total. The molecular formula is C3H3O4P. The quantitative estimate of drug-likeness (QED) is 0.413. The first-order valence-electron chi connectivity index (χ1n) is 2.11. The van der Waals surface area contributed by atoms with Crippen LogP contribution in [0.5, 0.6) is 0 Å². The summed E-state index contributed by atoms with van der Waals surface area (Å²) in [4.78, 5) is 10.1. The van der Waals surface area contributed by atoms with E-state index in [-0.39, 0.29) is 0 Å². The minimum Gasteiger partial charge on any atom is -0.381 e. The second-order valence-electron chi connectivity index (χ2n) is 2.06. The van der Waals surface area contributed by atoms with Gasteiger partial charge in [0.15, 0.2) is 5.85 Å². The monoisotopic (exact) mass is 134 g/mol. The molecule has 4 nitrogen and oxygen atoms in total. The van der Waals surface area contributed by atoms with Crippen LogP contribution in [0.15, 0.2) is 0 Å². The number of hydrogen-bond acceptors (Lipinski definition) is 4. The van der Waals surface area contributed by atoms with Crippen molar-refractivity contribution < 1.29 is 19.6 Å². The van der Waals surface area contributed by atoms with Crippen molar-refractivity contribution in [2.45, 2.75) is 11.2 Å². The van der Waals surface area contributed by atoms with Crippen LogP contribution >= 0.6 is 7.14 Å². The molecule has 0 aromatic carbocycles. The number of carbonyl (C=O) groups excluding carboxylic acids is 1. The van der Waals surface area contributed by atoms with Crippen LogP contribution in [0.1, 0.15) is 0 Å². The summed E-state index contributed by atoms with van der Waals surface area (Å²) in [5.41, 5.74) is -0.655. The van der Waals surface area contributed by atoms with Crippen LogP contribution in [0.4, 0.5) is 0 Å². The molecule has 44 valence electrons. The third kappa shape index (κ3) is 0.163. The summed E-state index contributed by atoms with van der Waals surface area (Å²) in [5, 5.41) is 15.3. The first-order valence-corrected chi connectivity index (χ1v) is 3.89. The lowest BCUT2D eigenvalue weighted by Gasteiger charge is -1.88. The number of hydrogen-bond donors (Lipinski definition) is 2. The summed E-state index contributed by atoms with van der Waals surface area (Å²) in [5.74, 6) is -1.22. The number of rotatable bonds is 0. The lowest BCUT2D eigenvalue weighted by molar-refractivity contribution is -0.118. The number of fused-ring (bicyclic) bond motifs is 1. The van der Waals surface area contributed by atoms with E-state index < -0.39 is 23.9 Å². The Hall–Kier alpha value is -0.180. The van der Waals surface area contributed by atoms with Crippen molar-refractivity contribution in [3.05, 3.63) is 0 Å². The highest BCUT2D eigenvalue weighted by atomic mass is 31.2. The van der Waals surface area contributed by atoms with Gasteiger partial charge in [0.1, 0.15) is 0 Å². The molecule has 0 spiro atoms. The smallest absolute Gasteiger partial charge is 0.240 e. The minimum absolute atomic E-state index is 0.655. The van der Waals surface area contributed by atoms with E-state index in [1.165, 1.54) is 0 Å². The Labute approximate surface area is 44.5 Å². The summed E-state index contributed by atoms with van der Waals surface area (Å²) in [6, 6.07) is 0. The molecule has 2 aliphatic rings. The fraction of sp³-hybridized carbons (Fsp3) is 0.667. The molecule has 0 amide bonds. The van der Waals surface area contributed by atoms with Gasteiger partial charge < -0.3 is 14.8 Å². The summed E-state index contributed by atoms with van der Waals surface area (Å²) in [6.07, 6.45) is 0. The molecule has 2 rings (SSSR count). The zero-order valence-electron chi connectivity index (χ0n) is 3.74. The number of aliphatic hydroxyl groups is 2. The normalized spacial score (nSPS) is 67.2. The van der Waals surface area contributed by atoms with Gasteiger partial charge in [0.25, 0.3) is 0 Å². The summed E-state index contributed by atoms with van der Waals surface area (Å²) in [7, 11) is -3.04. The average molecular weight is 134 g/mol. The Morgan fingerprint density at radius 3 is 2.12 bits per heavy atom. The molecule has 2 heterocycles. The molecule has 5 heteroatoms. The largest absolute Gasteiger partial charge is 0.381 e. The first-order chi connectivity index (χ1) is 3.56. The van der Waals surface area contributed by atoms with Gasteiger partial charge in [-0.3, -0.25) is 4.79 Å². The van der Waals surface area contributed by atoms with Crippen LogP contribution < -0.4 is 0 Å². The first kappa shape index (κ1) is 4.68. The van der Waals surface area contributed by atoms with E-state index in [0.29, 0.717) is 0 Å². The van der Waals surface area contributed by atoms with Crippen molar-refractivity contribution in [1.82, 2.24) is 0 Å². The Kier molecular flexibility index (Phi) is 0.425. The SMILES string of the molecule is O=C1C2(O)C(O)P12=O. The molecule has 2 saturated heterocycles. The van der Waals surface area contributed by atoms with Gasteiger partial charge >= 0.3 is 0 Å². The lowest BCUT2D eigenvalue weighted by Crippen LogP contribution is -2.15. The van der Waals surface area contributed by atoms with E-state index in [2.05, 4.69) is 0 Å². The average Bonchev–Trinajstić information content (AvgIpc) is 2.34. The predicted molar refractivity (Wildman–Crippen MR) is 23.6 cm³/mol. The third-order valence-electron chi connectivity index (χ3n) is 1.71. The van der Waals surface area contributed by atoms with E-state index in [0.717, 1.165) is 0 Å².